The number of amides is 2. The SMILES string of the molecule is CCOC(=O)C1CCC(CNC(=O)N2CC(CC)Oc3ccccc32)CC1. The molecular weight excluding hydrogens is 344 g/mol. The zero-order valence-corrected chi connectivity index (χ0v) is 16.3. The number of carbonyl (C=O) groups is 2. The van der Waals surface area contributed by atoms with Gasteiger partial charge in [0.2, 0.25) is 0 Å². The minimum Gasteiger partial charge on any atom is -0.486 e. The number of nitrogens with zero attached hydrogens (tertiary/aromatic N) is 1. The van der Waals surface area contributed by atoms with Crippen molar-refractivity contribution in [1.82, 2.24) is 5.32 Å². The molecule has 1 aliphatic heterocycles. The van der Waals surface area contributed by atoms with Gasteiger partial charge in [-0.2, -0.15) is 0 Å². The van der Waals surface area contributed by atoms with Gasteiger partial charge in [-0.1, -0.05) is 19.1 Å². The van der Waals surface area contributed by atoms with Crippen LogP contribution >= 0.6 is 0 Å². The molecule has 1 aliphatic carbocycles. The Hall–Kier alpha value is -2.24. The zero-order chi connectivity index (χ0) is 19.2. The highest BCUT2D eigenvalue weighted by molar-refractivity contribution is 5.94. The molecule has 27 heavy (non-hydrogen) atoms. The van der Waals surface area contributed by atoms with Crippen LogP contribution in [0.5, 0.6) is 5.75 Å². The van der Waals surface area contributed by atoms with E-state index in [1.807, 2.05) is 31.2 Å². The number of para-hydroxylation sites is 2. The fourth-order valence-electron chi connectivity index (χ4n) is 3.89. The molecule has 0 spiro atoms. The molecule has 1 saturated carbocycles. The fourth-order valence-corrected chi connectivity index (χ4v) is 3.89. The number of urea groups is 1. The van der Waals surface area contributed by atoms with Crippen LogP contribution in [0.1, 0.15) is 46.0 Å². The van der Waals surface area contributed by atoms with Gasteiger partial charge in [0.1, 0.15) is 11.9 Å². The molecule has 1 aromatic rings. The molecule has 1 heterocycles. The molecule has 0 aromatic heterocycles. The van der Waals surface area contributed by atoms with Crippen molar-refractivity contribution in [3.63, 3.8) is 0 Å². The number of esters is 1. The Morgan fingerprint density at radius 1 is 1.19 bits per heavy atom. The Morgan fingerprint density at radius 3 is 2.63 bits per heavy atom. The summed E-state index contributed by atoms with van der Waals surface area (Å²) in [7, 11) is 0. The molecule has 3 rings (SSSR count). The van der Waals surface area contributed by atoms with Gasteiger partial charge < -0.3 is 14.8 Å². The minimum atomic E-state index is -0.0736. The van der Waals surface area contributed by atoms with Crippen LogP contribution in [0, 0.1) is 11.8 Å². The average molecular weight is 374 g/mol. The molecule has 1 aromatic carbocycles. The quantitative estimate of drug-likeness (QED) is 0.797. The standard InChI is InChI=1S/C21H30N2O4/c1-3-17-14-23(18-7-5-6-8-19(18)27-17)21(25)22-13-15-9-11-16(12-10-15)20(24)26-4-2/h5-8,15-17H,3-4,9-14H2,1-2H3,(H,22,25). The van der Waals surface area contributed by atoms with Crippen LogP contribution in [-0.2, 0) is 9.53 Å². The van der Waals surface area contributed by atoms with Crippen LogP contribution in [0.15, 0.2) is 24.3 Å². The van der Waals surface area contributed by atoms with Crippen molar-refractivity contribution in [2.75, 3.05) is 24.6 Å². The number of anilines is 1. The highest BCUT2D eigenvalue weighted by atomic mass is 16.5. The molecule has 2 amide bonds. The topological polar surface area (TPSA) is 67.9 Å². The van der Waals surface area contributed by atoms with Crippen LogP contribution < -0.4 is 15.0 Å². The molecular formula is C21H30N2O4. The number of benzene rings is 1. The Bertz CT molecular complexity index is 655. The monoisotopic (exact) mass is 374 g/mol. The van der Waals surface area contributed by atoms with E-state index in [4.69, 9.17) is 9.47 Å². The highest BCUT2D eigenvalue weighted by Gasteiger charge is 2.30. The minimum absolute atomic E-state index is 0.0191. The zero-order valence-electron chi connectivity index (χ0n) is 16.3. The maximum atomic E-state index is 12.8. The second-order valence-electron chi connectivity index (χ2n) is 7.38. The lowest BCUT2D eigenvalue weighted by Crippen LogP contribution is -2.49. The van der Waals surface area contributed by atoms with Crippen LogP contribution in [0.3, 0.4) is 0 Å². The number of ether oxygens (including phenoxy) is 2. The summed E-state index contributed by atoms with van der Waals surface area (Å²) in [6.07, 6.45) is 4.46. The first-order valence-electron chi connectivity index (χ1n) is 10.1. The number of carbonyl (C=O) groups excluding carboxylic acids is 2. The third-order valence-electron chi connectivity index (χ3n) is 5.55. The first-order chi connectivity index (χ1) is 13.1. The molecule has 1 N–H and O–H groups in total. The van der Waals surface area contributed by atoms with Gasteiger partial charge in [0.05, 0.1) is 24.8 Å². The van der Waals surface area contributed by atoms with Gasteiger partial charge in [-0.15, -0.1) is 0 Å². The first kappa shape index (κ1) is 19.5. The summed E-state index contributed by atoms with van der Waals surface area (Å²) in [6.45, 7) is 5.55. The van der Waals surface area contributed by atoms with E-state index in [0.717, 1.165) is 43.5 Å². The average Bonchev–Trinajstić information content (AvgIpc) is 2.71. The first-order valence-corrected chi connectivity index (χ1v) is 10.1. The van der Waals surface area contributed by atoms with E-state index in [0.29, 0.717) is 25.6 Å². The molecule has 0 bridgehead atoms. The van der Waals surface area contributed by atoms with Gasteiger partial charge in [-0.3, -0.25) is 9.69 Å². The van der Waals surface area contributed by atoms with Crippen molar-refractivity contribution >= 4 is 17.7 Å². The second kappa shape index (κ2) is 9.11. The van der Waals surface area contributed by atoms with Gasteiger partial charge in [0.25, 0.3) is 0 Å². The molecule has 1 fully saturated rings. The number of fused-ring (bicyclic) bond motifs is 1. The number of nitrogens with one attached hydrogen (secondary N) is 1. The van der Waals surface area contributed by atoms with E-state index in [9.17, 15) is 9.59 Å². The van der Waals surface area contributed by atoms with Crippen LogP contribution in [0.2, 0.25) is 0 Å². The van der Waals surface area contributed by atoms with E-state index in [1.54, 1.807) is 4.90 Å². The molecule has 6 heteroatoms. The van der Waals surface area contributed by atoms with Crippen molar-refractivity contribution in [3.8, 4) is 5.75 Å². The van der Waals surface area contributed by atoms with E-state index < -0.39 is 0 Å². The van der Waals surface area contributed by atoms with Crippen molar-refractivity contribution in [3.05, 3.63) is 24.3 Å². The summed E-state index contributed by atoms with van der Waals surface area (Å²) >= 11 is 0. The van der Waals surface area contributed by atoms with Crippen LogP contribution in [0.4, 0.5) is 10.5 Å². The molecule has 0 saturated heterocycles. The smallest absolute Gasteiger partial charge is 0.322 e. The molecule has 6 nitrogen and oxygen atoms in total. The summed E-state index contributed by atoms with van der Waals surface area (Å²) in [5.41, 5.74) is 0.825. The van der Waals surface area contributed by atoms with Gasteiger partial charge >= 0.3 is 12.0 Å². The normalized spacial score (nSPS) is 24.5. The predicted octanol–water partition coefficient (Wildman–Crippen LogP) is 3.74. The Labute approximate surface area is 161 Å². The molecule has 1 atom stereocenters. The maximum absolute atomic E-state index is 12.8. The van der Waals surface area contributed by atoms with Gasteiger partial charge in [0, 0.05) is 6.54 Å². The van der Waals surface area contributed by atoms with Gasteiger partial charge in [-0.25, -0.2) is 4.79 Å². The van der Waals surface area contributed by atoms with Gasteiger partial charge in [0.15, 0.2) is 0 Å². The predicted molar refractivity (Wildman–Crippen MR) is 104 cm³/mol. The Kier molecular flexibility index (Phi) is 6.58. The lowest BCUT2D eigenvalue weighted by molar-refractivity contribution is -0.149. The molecule has 0 radical (unpaired) electrons. The number of hydrogen-bond donors (Lipinski definition) is 1. The van der Waals surface area contributed by atoms with Crippen molar-refractivity contribution in [2.24, 2.45) is 11.8 Å². The van der Waals surface area contributed by atoms with E-state index in [2.05, 4.69) is 12.2 Å². The largest absolute Gasteiger partial charge is 0.486 e. The lowest BCUT2D eigenvalue weighted by atomic mass is 9.82. The number of hydrogen-bond acceptors (Lipinski definition) is 4. The van der Waals surface area contributed by atoms with Crippen molar-refractivity contribution in [2.45, 2.75) is 52.1 Å². The molecule has 2 aliphatic rings. The Balaban J connectivity index is 1.52. The summed E-state index contributed by atoms with van der Waals surface area (Å²) < 4.78 is 11.1. The highest BCUT2D eigenvalue weighted by Crippen LogP contribution is 2.34. The molecule has 148 valence electrons. The van der Waals surface area contributed by atoms with Crippen molar-refractivity contribution < 1.29 is 19.1 Å². The van der Waals surface area contributed by atoms with Gasteiger partial charge in [-0.05, 0) is 57.1 Å². The maximum Gasteiger partial charge on any atom is 0.322 e. The summed E-state index contributed by atoms with van der Waals surface area (Å²) in [5.74, 6) is 1.13. The van der Waals surface area contributed by atoms with Crippen LogP contribution in [0.25, 0.3) is 0 Å². The molecule has 1 unspecified atom stereocenters. The van der Waals surface area contributed by atoms with Crippen LogP contribution in [-0.4, -0.2) is 37.8 Å². The third-order valence-corrected chi connectivity index (χ3v) is 5.55. The number of rotatable bonds is 5. The summed E-state index contributed by atoms with van der Waals surface area (Å²) in [6, 6.07) is 7.61. The van der Waals surface area contributed by atoms with E-state index in [1.165, 1.54) is 0 Å². The Morgan fingerprint density at radius 2 is 1.93 bits per heavy atom. The van der Waals surface area contributed by atoms with Crippen molar-refractivity contribution in [1.29, 1.82) is 0 Å². The summed E-state index contributed by atoms with van der Waals surface area (Å²) in [5, 5.41) is 3.09. The van der Waals surface area contributed by atoms with E-state index in [-0.39, 0.29) is 24.0 Å². The second-order valence-corrected chi connectivity index (χ2v) is 7.38. The van der Waals surface area contributed by atoms with E-state index >= 15 is 0 Å². The lowest BCUT2D eigenvalue weighted by Gasteiger charge is -2.35. The fraction of sp³-hybridized carbons (Fsp3) is 0.619. The third kappa shape index (κ3) is 4.73. The summed E-state index contributed by atoms with van der Waals surface area (Å²) in [4.78, 5) is 26.4.